The molecule has 0 radical (unpaired) electrons. The highest BCUT2D eigenvalue weighted by molar-refractivity contribution is 6.12. The van der Waals surface area contributed by atoms with E-state index in [1.807, 2.05) is 0 Å². The Labute approximate surface area is 183 Å². The van der Waals surface area contributed by atoms with E-state index in [4.69, 9.17) is 14.2 Å². The molecule has 0 bridgehead atoms. The van der Waals surface area contributed by atoms with Gasteiger partial charge in [0.15, 0.2) is 23.8 Å². The van der Waals surface area contributed by atoms with Crippen LogP contribution in [0.15, 0.2) is 40.3 Å². The Morgan fingerprint density at radius 2 is 2.00 bits per heavy atom. The summed E-state index contributed by atoms with van der Waals surface area (Å²) in [6.45, 7) is 1.14. The normalized spacial score (nSPS) is 19.6. The highest BCUT2D eigenvalue weighted by atomic mass is 19.1. The largest absolute Gasteiger partial charge is 0.504 e. The van der Waals surface area contributed by atoms with Gasteiger partial charge in [0.25, 0.3) is 5.91 Å². The second kappa shape index (κ2) is 8.25. The number of carbonyl (C=O) groups is 1. The number of ether oxygens (including phenoxy) is 3. The molecule has 0 saturated heterocycles. The topological polar surface area (TPSA) is 126 Å². The Morgan fingerprint density at radius 1 is 1.19 bits per heavy atom. The molecule has 1 unspecified atom stereocenters. The van der Waals surface area contributed by atoms with E-state index >= 15 is 4.39 Å². The van der Waals surface area contributed by atoms with Crippen LogP contribution in [0.2, 0.25) is 0 Å². The van der Waals surface area contributed by atoms with Crippen LogP contribution in [0.4, 0.5) is 21.5 Å². The van der Waals surface area contributed by atoms with Gasteiger partial charge in [-0.2, -0.15) is 4.99 Å². The van der Waals surface area contributed by atoms with Crippen LogP contribution in [0, 0.1) is 0 Å². The number of benzene rings is 2. The molecule has 4 N–H and O–H groups in total. The van der Waals surface area contributed by atoms with Crippen molar-refractivity contribution >= 4 is 34.8 Å². The quantitative estimate of drug-likeness (QED) is 0.572. The molecule has 2 aromatic rings. The fourth-order valence-electron chi connectivity index (χ4n) is 3.22. The van der Waals surface area contributed by atoms with Gasteiger partial charge in [-0.25, -0.2) is 9.38 Å². The predicted molar refractivity (Wildman–Crippen MR) is 118 cm³/mol. The van der Waals surface area contributed by atoms with Crippen LogP contribution in [0.25, 0.3) is 0 Å². The molecule has 2 heterocycles. The first kappa shape index (κ1) is 21.2. The lowest BCUT2D eigenvalue weighted by atomic mass is 10.1. The monoisotopic (exact) mass is 443 g/mol. The molecule has 11 heteroatoms. The van der Waals surface area contributed by atoms with Crippen molar-refractivity contribution in [2.24, 2.45) is 9.98 Å². The molecule has 1 amide bonds. The van der Waals surface area contributed by atoms with E-state index in [2.05, 4.69) is 25.9 Å². The van der Waals surface area contributed by atoms with Gasteiger partial charge < -0.3 is 35.3 Å². The van der Waals surface area contributed by atoms with Crippen LogP contribution in [0.1, 0.15) is 6.92 Å². The number of fused-ring (bicyclic) bond motifs is 1. The third-order valence-electron chi connectivity index (χ3n) is 4.83. The number of hydrogen-bond donors (Lipinski definition) is 4. The molecule has 4 rings (SSSR count). The first-order valence-electron chi connectivity index (χ1n) is 9.67. The van der Waals surface area contributed by atoms with Gasteiger partial charge in [-0.15, -0.1) is 0 Å². The van der Waals surface area contributed by atoms with Crippen LogP contribution in [-0.2, 0) is 4.79 Å². The Balaban J connectivity index is 1.57. The van der Waals surface area contributed by atoms with E-state index < -0.39 is 5.67 Å². The van der Waals surface area contributed by atoms with Gasteiger partial charge in [0, 0.05) is 23.5 Å². The molecule has 32 heavy (non-hydrogen) atoms. The van der Waals surface area contributed by atoms with Crippen molar-refractivity contribution in [1.82, 2.24) is 0 Å². The smallest absolute Gasteiger partial charge is 0.262 e. The van der Waals surface area contributed by atoms with E-state index in [9.17, 15) is 9.90 Å². The number of aliphatic imine (C=N–C) groups is 2. The second-order valence-electron chi connectivity index (χ2n) is 7.33. The van der Waals surface area contributed by atoms with Crippen LogP contribution >= 0.6 is 0 Å². The van der Waals surface area contributed by atoms with Crippen molar-refractivity contribution in [3.8, 4) is 23.0 Å². The summed E-state index contributed by atoms with van der Waals surface area (Å²) in [4.78, 5) is 20.0. The number of methoxy groups -OCH3 is 2. The first-order valence-corrected chi connectivity index (χ1v) is 9.67. The number of guanidine groups is 1. The zero-order valence-electron chi connectivity index (χ0n) is 17.7. The van der Waals surface area contributed by atoms with Crippen molar-refractivity contribution in [2.75, 3.05) is 43.3 Å². The SMILES string of the molecule is COc1cc(NC2=NCC(C)(F)C(Nc3ccc4c(c3)NC(=O)CO4)=N2)cc(O)c1OC. The van der Waals surface area contributed by atoms with Gasteiger partial charge in [0.05, 0.1) is 26.5 Å². The number of rotatable bonds is 4. The van der Waals surface area contributed by atoms with E-state index in [1.54, 1.807) is 24.3 Å². The molecule has 10 nitrogen and oxygen atoms in total. The summed E-state index contributed by atoms with van der Waals surface area (Å²) in [5, 5.41) is 18.7. The first-order chi connectivity index (χ1) is 15.3. The van der Waals surface area contributed by atoms with Gasteiger partial charge in [-0.05, 0) is 25.1 Å². The van der Waals surface area contributed by atoms with Gasteiger partial charge in [-0.1, -0.05) is 0 Å². The summed E-state index contributed by atoms with van der Waals surface area (Å²) in [6.07, 6.45) is 0. The number of phenolic OH excluding ortho intramolecular Hbond substituents is 1. The fraction of sp³-hybridized carbons (Fsp3) is 0.286. The molecule has 2 aliphatic heterocycles. The van der Waals surface area contributed by atoms with E-state index in [1.165, 1.54) is 27.2 Å². The van der Waals surface area contributed by atoms with E-state index in [0.29, 0.717) is 28.6 Å². The molecule has 168 valence electrons. The van der Waals surface area contributed by atoms with Gasteiger partial charge in [-0.3, -0.25) is 4.79 Å². The number of amidine groups is 1. The minimum Gasteiger partial charge on any atom is -0.504 e. The highest BCUT2D eigenvalue weighted by Crippen LogP contribution is 2.39. The summed E-state index contributed by atoms with van der Waals surface area (Å²) in [5.41, 5.74) is -0.420. The lowest BCUT2D eigenvalue weighted by molar-refractivity contribution is -0.118. The minimum atomic E-state index is -1.85. The zero-order valence-corrected chi connectivity index (χ0v) is 17.7. The van der Waals surface area contributed by atoms with Crippen molar-refractivity contribution < 1.29 is 28.5 Å². The number of phenols is 1. The molecular formula is C21H22FN5O5. The lowest BCUT2D eigenvalue weighted by Gasteiger charge is -2.27. The summed E-state index contributed by atoms with van der Waals surface area (Å²) in [6, 6.07) is 8.02. The number of anilines is 3. The molecule has 0 spiro atoms. The summed E-state index contributed by atoms with van der Waals surface area (Å²) in [7, 11) is 2.86. The van der Waals surface area contributed by atoms with Gasteiger partial charge >= 0.3 is 0 Å². The maximum Gasteiger partial charge on any atom is 0.262 e. The zero-order chi connectivity index (χ0) is 22.9. The molecular weight excluding hydrogens is 421 g/mol. The predicted octanol–water partition coefficient (Wildman–Crippen LogP) is 2.76. The molecule has 0 aliphatic carbocycles. The van der Waals surface area contributed by atoms with Crippen molar-refractivity contribution in [1.29, 1.82) is 0 Å². The molecule has 1 atom stereocenters. The molecule has 2 aliphatic rings. The fourth-order valence-corrected chi connectivity index (χ4v) is 3.22. The van der Waals surface area contributed by atoms with Crippen molar-refractivity contribution in [2.45, 2.75) is 12.6 Å². The second-order valence-corrected chi connectivity index (χ2v) is 7.33. The molecule has 2 aromatic carbocycles. The van der Waals surface area contributed by atoms with Crippen LogP contribution in [0.3, 0.4) is 0 Å². The number of carbonyl (C=O) groups excluding carboxylic acids is 1. The number of alkyl halides is 1. The Kier molecular flexibility index (Phi) is 5.47. The summed E-state index contributed by atoms with van der Waals surface area (Å²) >= 11 is 0. The lowest BCUT2D eigenvalue weighted by Crippen LogP contribution is -2.43. The maximum absolute atomic E-state index is 15.1. The number of amides is 1. The highest BCUT2D eigenvalue weighted by Gasteiger charge is 2.34. The molecule has 0 saturated carbocycles. The minimum absolute atomic E-state index is 0.0303. The van der Waals surface area contributed by atoms with Gasteiger partial charge in [0.1, 0.15) is 11.6 Å². The summed E-state index contributed by atoms with van der Waals surface area (Å²) < 4.78 is 30.8. The molecule has 0 fully saturated rings. The Bertz CT molecular complexity index is 1130. The third-order valence-corrected chi connectivity index (χ3v) is 4.83. The Morgan fingerprint density at radius 3 is 2.75 bits per heavy atom. The van der Waals surface area contributed by atoms with Gasteiger partial charge in [0.2, 0.25) is 11.7 Å². The third kappa shape index (κ3) is 4.22. The van der Waals surface area contributed by atoms with Crippen molar-refractivity contribution in [3.05, 3.63) is 30.3 Å². The standard InChI is InChI=1S/C21H22FN5O5/c1-21(22)10-23-20(25-12-7-14(28)18(31-3)16(8-12)30-2)27-19(21)24-11-4-5-15-13(6-11)26-17(29)9-32-15/h4-8,28H,9-10H2,1-3H3,(H,26,29)(H2,23,24,25,27). The number of nitrogens with zero attached hydrogens (tertiary/aromatic N) is 2. The maximum atomic E-state index is 15.1. The number of nitrogens with one attached hydrogen (secondary N) is 3. The number of hydrogen-bond acceptors (Lipinski definition) is 9. The molecule has 0 aromatic heterocycles. The van der Waals surface area contributed by atoms with E-state index in [0.717, 1.165) is 0 Å². The van der Waals surface area contributed by atoms with Crippen LogP contribution in [0.5, 0.6) is 23.0 Å². The Hall–Kier alpha value is -4.02. The average Bonchev–Trinajstić information content (AvgIpc) is 2.75. The number of aromatic hydroxyl groups is 1. The van der Waals surface area contributed by atoms with Crippen molar-refractivity contribution in [3.63, 3.8) is 0 Å². The van der Waals surface area contributed by atoms with Crippen LogP contribution in [-0.4, -0.2) is 55.8 Å². The van der Waals surface area contributed by atoms with E-state index in [-0.39, 0.29) is 42.4 Å². The summed E-state index contributed by atoms with van der Waals surface area (Å²) in [5.74, 6) is 0.794. The number of halogens is 1. The van der Waals surface area contributed by atoms with Crippen LogP contribution < -0.4 is 30.2 Å². The average molecular weight is 443 g/mol.